The average Bonchev–Trinajstić information content (AvgIpc) is 2.28. The number of rotatable bonds is 4. The Kier molecular flexibility index (Phi) is 4.22. The van der Waals surface area contributed by atoms with E-state index in [-0.39, 0.29) is 0 Å². The molecular weight excluding hydrogens is 272 g/mol. The molecule has 0 aromatic heterocycles. The Morgan fingerprint density at radius 1 is 1.00 bits per heavy atom. The van der Waals surface area contributed by atoms with E-state index in [1.807, 2.05) is 0 Å². The van der Waals surface area contributed by atoms with Gasteiger partial charge in [-0.05, 0) is 35.1 Å². The monoisotopic (exact) mass is 290 g/mol. The molecule has 0 fully saturated rings. The molecular formula is C16H19Br. The van der Waals surface area contributed by atoms with Gasteiger partial charge in [-0.1, -0.05) is 72.2 Å². The van der Waals surface area contributed by atoms with Gasteiger partial charge in [-0.3, -0.25) is 0 Å². The Hall–Kier alpha value is -0.820. The summed E-state index contributed by atoms with van der Waals surface area (Å²) in [4.78, 5) is 0.604. The first-order chi connectivity index (χ1) is 8.16. The first-order valence-corrected chi connectivity index (χ1v) is 7.19. The van der Waals surface area contributed by atoms with Gasteiger partial charge >= 0.3 is 0 Å². The summed E-state index contributed by atoms with van der Waals surface area (Å²) in [6.45, 7) is 4.55. The fraction of sp³-hybridized carbons (Fsp3) is 0.375. The zero-order valence-corrected chi connectivity index (χ0v) is 12.1. The van der Waals surface area contributed by atoms with Crippen molar-refractivity contribution >= 4 is 26.7 Å². The summed E-state index contributed by atoms with van der Waals surface area (Å²) in [5.74, 6) is 0.718. The first kappa shape index (κ1) is 12.6. The molecule has 0 nitrogen and oxygen atoms in total. The van der Waals surface area contributed by atoms with Crippen LogP contribution in [0.3, 0.4) is 0 Å². The highest BCUT2D eigenvalue weighted by Crippen LogP contribution is 2.23. The van der Waals surface area contributed by atoms with Crippen LogP contribution >= 0.6 is 15.9 Å². The molecule has 0 saturated carbocycles. The van der Waals surface area contributed by atoms with Crippen LogP contribution in [0.15, 0.2) is 42.5 Å². The lowest BCUT2D eigenvalue weighted by molar-refractivity contribution is 0.534. The van der Waals surface area contributed by atoms with Crippen molar-refractivity contribution in [2.24, 2.45) is 5.92 Å². The van der Waals surface area contributed by atoms with E-state index in [1.165, 1.54) is 22.8 Å². The summed E-state index contributed by atoms with van der Waals surface area (Å²) in [6, 6.07) is 15.3. The van der Waals surface area contributed by atoms with E-state index in [9.17, 15) is 0 Å². The van der Waals surface area contributed by atoms with Crippen LogP contribution in [-0.2, 0) is 6.42 Å². The van der Waals surface area contributed by atoms with Gasteiger partial charge in [-0.15, -0.1) is 0 Å². The molecule has 2 aromatic rings. The van der Waals surface area contributed by atoms with Crippen LogP contribution < -0.4 is 0 Å². The molecule has 0 bridgehead atoms. The van der Waals surface area contributed by atoms with Gasteiger partial charge in [0.05, 0.1) is 0 Å². The Morgan fingerprint density at radius 3 is 2.47 bits per heavy atom. The van der Waals surface area contributed by atoms with Crippen molar-refractivity contribution in [3.05, 3.63) is 48.0 Å². The molecule has 2 unspecified atom stereocenters. The van der Waals surface area contributed by atoms with Crippen molar-refractivity contribution in [3.8, 4) is 0 Å². The predicted molar refractivity (Wildman–Crippen MR) is 79.8 cm³/mol. The summed E-state index contributed by atoms with van der Waals surface area (Å²) in [6.07, 6.45) is 2.39. The summed E-state index contributed by atoms with van der Waals surface area (Å²) in [5.41, 5.74) is 1.48. The lowest BCUT2D eigenvalue weighted by atomic mass is 9.93. The number of hydrogen-bond donors (Lipinski definition) is 0. The lowest BCUT2D eigenvalue weighted by Crippen LogP contribution is -2.05. The van der Waals surface area contributed by atoms with Crippen molar-refractivity contribution in [2.45, 2.75) is 31.5 Å². The quantitative estimate of drug-likeness (QED) is 0.680. The van der Waals surface area contributed by atoms with Gasteiger partial charge in [-0.2, -0.15) is 0 Å². The highest BCUT2D eigenvalue weighted by molar-refractivity contribution is 9.09. The van der Waals surface area contributed by atoms with Gasteiger partial charge in [0.25, 0.3) is 0 Å². The molecule has 0 radical (unpaired) electrons. The van der Waals surface area contributed by atoms with Crippen LogP contribution in [0.4, 0.5) is 0 Å². The molecule has 2 atom stereocenters. The van der Waals surface area contributed by atoms with Gasteiger partial charge in [-0.25, -0.2) is 0 Å². The Morgan fingerprint density at radius 2 is 1.71 bits per heavy atom. The van der Waals surface area contributed by atoms with E-state index >= 15 is 0 Å². The maximum absolute atomic E-state index is 3.64. The summed E-state index contributed by atoms with van der Waals surface area (Å²) in [5, 5.41) is 2.76. The van der Waals surface area contributed by atoms with Gasteiger partial charge in [0.2, 0.25) is 0 Å². The van der Waals surface area contributed by atoms with Gasteiger partial charge in [0.1, 0.15) is 0 Å². The standard InChI is InChI=1S/C16H19Br/c1-12(10-13(2)17)11-15-8-5-7-14-6-3-4-9-16(14)15/h3-9,12-13H,10-11H2,1-2H3. The van der Waals surface area contributed by atoms with E-state index < -0.39 is 0 Å². The van der Waals surface area contributed by atoms with E-state index in [1.54, 1.807) is 0 Å². The summed E-state index contributed by atoms with van der Waals surface area (Å²) < 4.78 is 0. The maximum atomic E-state index is 3.64. The fourth-order valence-electron chi connectivity index (χ4n) is 2.48. The van der Waals surface area contributed by atoms with Crippen molar-refractivity contribution in [2.75, 3.05) is 0 Å². The second-order valence-corrected chi connectivity index (χ2v) is 6.53. The topological polar surface area (TPSA) is 0 Å². The maximum Gasteiger partial charge on any atom is 0.0120 e. The Labute approximate surface area is 112 Å². The van der Waals surface area contributed by atoms with E-state index in [0.29, 0.717) is 4.83 Å². The summed E-state index contributed by atoms with van der Waals surface area (Å²) >= 11 is 3.64. The Balaban J connectivity index is 2.24. The average molecular weight is 291 g/mol. The van der Waals surface area contributed by atoms with Gasteiger partial charge in [0.15, 0.2) is 0 Å². The second-order valence-electron chi connectivity index (χ2n) is 4.96. The third kappa shape index (κ3) is 3.32. The van der Waals surface area contributed by atoms with Crippen LogP contribution in [-0.4, -0.2) is 4.83 Å². The number of hydrogen-bond acceptors (Lipinski definition) is 0. The third-order valence-electron chi connectivity index (χ3n) is 3.18. The van der Waals surface area contributed by atoms with E-state index in [4.69, 9.17) is 0 Å². The SMILES string of the molecule is CC(Br)CC(C)Cc1cccc2ccccc12. The number of benzene rings is 2. The van der Waals surface area contributed by atoms with Crippen molar-refractivity contribution in [3.63, 3.8) is 0 Å². The molecule has 2 rings (SSSR count). The zero-order chi connectivity index (χ0) is 12.3. The smallest absolute Gasteiger partial charge is 0.0120 e. The van der Waals surface area contributed by atoms with Crippen LogP contribution in [0.2, 0.25) is 0 Å². The number of fused-ring (bicyclic) bond motifs is 1. The molecule has 0 aliphatic rings. The minimum absolute atomic E-state index is 0.604. The molecule has 17 heavy (non-hydrogen) atoms. The first-order valence-electron chi connectivity index (χ1n) is 6.27. The molecule has 0 saturated heterocycles. The molecule has 1 heteroatoms. The van der Waals surface area contributed by atoms with Gasteiger partial charge < -0.3 is 0 Å². The van der Waals surface area contributed by atoms with Crippen molar-refractivity contribution in [1.29, 1.82) is 0 Å². The van der Waals surface area contributed by atoms with Crippen LogP contribution in [0, 0.1) is 5.92 Å². The van der Waals surface area contributed by atoms with Crippen molar-refractivity contribution in [1.82, 2.24) is 0 Å². The predicted octanol–water partition coefficient (Wildman–Crippen LogP) is 5.19. The third-order valence-corrected chi connectivity index (χ3v) is 3.55. The number of alkyl halides is 1. The second kappa shape index (κ2) is 5.68. The molecule has 0 aliphatic heterocycles. The number of halogens is 1. The van der Waals surface area contributed by atoms with Crippen LogP contribution in [0.25, 0.3) is 10.8 Å². The molecule has 0 amide bonds. The largest absolute Gasteiger partial charge is 0.0894 e. The summed E-state index contributed by atoms with van der Waals surface area (Å²) in [7, 11) is 0. The van der Waals surface area contributed by atoms with E-state index in [2.05, 4.69) is 72.2 Å². The Bertz CT molecular complexity index is 482. The normalized spacial score (nSPS) is 14.8. The molecule has 90 valence electrons. The highest BCUT2D eigenvalue weighted by Gasteiger charge is 2.09. The molecule has 0 heterocycles. The fourth-order valence-corrected chi connectivity index (χ4v) is 3.12. The van der Waals surface area contributed by atoms with Crippen LogP contribution in [0.5, 0.6) is 0 Å². The molecule has 0 N–H and O–H groups in total. The highest BCUT2D eigenvalue weighted by atomic mass is 79.9. The van der Waals surface area contributed by atoms with Crippen molar-refractivity contribution < 1.29 is 0 Å². The minimum atomic E-state index is 0.604. The molecule has 2 aromatic carbocycles. The van der Waals surface area contributed by atoms with Crippen LogP contribution in [0.1, 0.15) is 25.8 Å². The zero-order valence-electron chi connectivity index (χ0n) is 10.5. The molecule has 0 aliphatic carbocycles. The van der Waals surface area contributed by atoms with E-state index in [0.717, 1.165) is 12.3 Å². The lowest BCUT2D eigenvalue weighted by Gasteiger charge is -2.14. The molecule has 0 spiro atoms. The minimum Gasteiger partial charge on any atom is -0.0894 e. The van der Waals surface area contributed by atoms with Gasteiger partial charge in [0, 0.05) is 4.83 Å².